The minimum atomic E-state index is 0.868. The summed E-state index contributed by atoms with van der Waals surface area (Å²) in [5.74, 6) is 0.868. The maximum Gasteiger partial charge on any atom is 0.0937 e. The average molecular weight is 154 g/mol. The van der Waals surface area contributed by atoms with Gasteiger partial charge < -0.3 is 5.73 Å². The number of nitrogens with two attached hydrogens (primary N) is 1. The molecular weight excluding hydrogens is 136 g/mol. The average Bonchev–Trinajstić information content (AvgIpc) is 2.03. The Hall–Kier alpha value is -0.530. The van der Waals surface area contributed by atoms with Crippen LogP contribution in [0.5, 0.6) is 0 Å². The van der Waals surface area contributed by atoms with Crippen molar-refractivity contribution in [2.45, 2.75) is 44.9 Å². The van der Waals surface area contributed by atoms with Gasteiger partial charge in [-0.1, -0.05) is 25.7 Å². The first kappa shape index (κ1) is 8.57. The molecule has 2 N–H and O–H groups in total. The van der Waals surface area contributed by atoms with Crippen LogP contribution in [-0.2, 0) is 0 Å². The van der Waals surface area contributed by atoms with Crippen LogP contribution in [0.25, 0.3) is 0 Å². The van der Waals surface area contributed by atoms with Crippen molar-refractivity contribution in [1.29, 1.82) is 0 Å². The summed E-state index contributed by atoms with van der Waals surface area (Å²) < 4.78 is 0. The van der Waals surface area contributed by atoms with Crippen LogP contribution in [0.2, 0.25) is 0 Å². The molecule has 0 aromatic heterocycles. The number of hydrogen-bond donors (Lipinski definition) is 1. The molecule has 0 aromatic carbocycles. The lowest BCUT2D eigenvalue weighted by molar-refractivity contribution is 0.595. The van der Waals surface area contributed by atoms with E-state index in [0.717, 1.165) is 18.8 Å². The molecule has 0 fully saturated rings. The predicted molar refractivity (Wildman–Crippen MR) is 48.8 cm³/mol. The second kappa shape index (κ2) is 5.16. The fourth-order valence-corrected chi connectivity index (χ4v) is 1.43. The second-order valence-electron chi connectivity index (χ2n) is 3.24. The summed E-state index contributed by atoms with van der Waals surface area (Å²) in [6.07, 6.45) is 8.89. The van der Waals surface area contributed by atoms with E-state index in [4.69, 9.17) is 5.73 Å². The molecule has 0 bridgehead atoms. The van der Waals surface area contributed by atoms with Gasteiger partial charge in [-0.25, -0.2) is 0 Å². The highest BCUT2D eigenvalue weighted by Gasteiger charge is 1.97. The lowest BCUT2D eigenvalue weighted by Gasteiger charge is -2.05. The summed E-state index contributed by atoms with van der Waals surface area (Å²) in [5.41, 5.74) is 5.67. The molecule has 0 saturated heterocycles. The van der Waals surface area contributed by atoms with Gasteiger partial charge in [0.25, 0.3) is 0 Å². The van der Waals surface area contributed by atoms with Gasteiger partial charge in [0.05, 0.1) is 5.84 Å². The van der Waals surface area contributed by atoms with Crippen molar-refractivity contribution >= 4 is 5.84 Å². The van der Waals surface area contributed by atoms with Crippen LogP contribution in [0.15, 0.2) is 4.99 Å². The van der Waals surface area contributed by atoms with Gasteiger partial charge in [-0.3, -0.25) is 4.99 Å². The van der Waals surface area contributed by atoms with E-state index in [1.54, 1.807) is 0 Å². The summed E-state index contributed by atoms with van der Waals surface area (Å²) >= 11 is 0. The van der Waals surface area contributed by atoms with Gasteiger partial charge in [-0.05, 0) is 12.8 Å². The first-order valence-electron chi connectivity index (χ1n) is 4.68. The van der Waals surface area contributed by atoms with Crippen molar-refractivity contribution in [3.63, 3.8) is 0 Å². The summed E-state index contributed by atoms with van der Waals surface area (Å²) in [6, 6.07) is 0. The summed E-state index contributed by atoms with van der Waals surface area (Å²) in [6.45, 7) is 0.950. The van der Waals surface area contributed by atoms with E-state index in [0.29, 0.717) is 0 Å². The molecule has 1 aliphatic heterocycles. The zero-order valence-electron chi connectivity index (χ0n) is 7.18. The van der Waals surface area contributed by atoms with E-state index in [1.807, 2.05) is 0 Å². The van der Waals surface area contributed by atoms with Crippen molar-refractivity contribution in [3.8, 4) is 0 Å². The number of nitrogens with zero attached hydrogens (tertiary/aromatic N) is 1. The highest BCUT2D eigenvalue weighted by atomic mass is 14.8. The van der Waals surface area contributed by atoms with Gasteiger partial charge in [0, 0.05) is 13.0 Å². The van der Waals surface area contributed by atoms with Crippen LogP contribution in [0, 0.1) is 0 Å². The third kappa shape index (κ3) is 4.02. The number of hydrogen-bond acceptors (Lipinski definition) is 2. The standard InChI is InChI=1S/C9H18N2/c10-9-7-5-3-1-2-4-6-8-11-9/h1-8H2,(H2,10,11). The zero-order valence-corrected chi connectivity index (χ0v) is 7.18. The van der Waals surface area contributed by atoms with E-state index in [1.165, 1.54) is 38.5 Å². The van der Waals surface area contributed by atoms with E-state index >= 15 is 0 Å². The Balaban J connectivity index is 2.27. The Morgan fingerprint density at radius 2 is 1.55 bits per heavy atom. The Labute approximate surface area is 68.9 Å². The molecule has 0 amide bonds. The molecule has 1 heterocycles. The van der Waals surface area contributed by atoms with Crippen LogP contribution >= 0.6 is 0 Å². The van der Waals surface area contributed by atoms with Crippen LogP contribution in [0.4, 0.5) is 0 Å². The highest BCUT2D eigenvalue weighted by molar-refractivity contribution is 5.80. The number of aliphatic imine (C=N–C) groups is 1. The third-order valence-corrected chi connectivity index (χ3v) is 2.16. The summed E-state index contributed by atoms with van der Waals surface area (Å²) in [7, 11) is 0. The van der Waals surface area contributed by atoms with Gasteiger partial charge in [-0.15, -0.1) is 0 Å². The topological polar surface area (TPSA) is 38.4 Å². The molecule has 1 rings (SSSR count). The molecule has 0 spiro atoms. The second-order valence-corrected chi connectivity index (χ2v) is 3.24. The van der Waals surface area contributed by atoms with E-state index in [2.05, 4.69) is 4.99 Å². The Morgan fingerprint density at radius 3 is 2.36 bits per heavy atom. The third-order valence-electron chi connectivity index (χ3n) is 2.16. The summed E-state index contributed by atoms with van der Waals surface area (Å²) in [5, 5.41) is 0. The molecule has 64 valence electrons. The molecule has 2 nitrogen and oxygen atoms in total. The Bertz CT molecular complexity index is 130. The molecule has 0 aliphatic carbocycles. The van der Waals surface area contributed by atoms with Crippen molar-refractivity contribution < 1.29 is 0 Å². The molecule has 1 aliphatic rings. The fourth-order valence-electron chi connectivity index (χ4n) is 1.43. The first-order valence-corrected chi connectivity index (χ1v) is 4.68. The van der Waals surface area contributed by atoms with Gasteiger partial charge in [0.1, 0.15) is 0 Å². The molecule has 0 unspecified atom stereocenters. The monoisotopic (exact) mass is 154 g/mol. The Morgan fingerprint density at radius 1 is 0.909 bits per heavy atom. The van der Waals surface area contributed by atoms with Gasteiger partial charge in [0.2, 0.25) is 0 Å². The lowest BCUT2D eigenvalue weighted by atomic mass is 10.1. The van der Waals surface area contributed by atoms with Crippen molar-refractivity contribution in [2.75, 3.05) is 6.54 Å². The largest absolute Gasteiger partial charge is 0.387 e. The van der Waals surface area contributed by atoms with Gasteiger partial charge in [0.15, 0.2) is 0 Å². The van der Waals surface area contributed by atoms with Crippen LogP contribution < -0.4 is 5.73 Å². The SMILES string of the molecule is N/C1=N/CCCCCCCC1. The van der Waals surface area contributed by atoms with Gasteiger partial charge >= 0.3 is 0 Å². The first-order chi connectivity index (χ1) is 5.39. The van der Waals surface area contributed by atoms with Crippen LogP contribution in [0.3, 0.4) is 0 Å². The van der Waals surface area contributed by atoms with Crippen LogP contribution in [0.1, 0.15) is 44.9 Å². The smallest absolute Gasteiger partial charge is 0.0937 e. The van der Waals surface area contributed by atoms with Crippen molar-refractivity contribution in [2.24, 2.45) is 10.7 Å². The fraction of sp³-hybridized carbons (Fsp3) is 0.889. The van der Waals surface area contributed by atoms with E-state index in [-0.39, 0.29) is 0 Å². The normalized spacial score (nSPS) is 27.1. The molecule has 11 heavy (non-hydrogen) atoms. The maximum absolute atomic E-state index is 5.67. The molecule has 0 aromatic rings. The van der Waals surface area contributed by atoms with Crippen LogP contribution in [-0.4, -0.2) is 12.4 Å². The predicted octanol–water partition coefficient (Wildman–Crippen LogP) is 2.09. The molecule has 0 radical (unpaired) electrons. The Kier molecular flexibility index (Phi) is 4.02. The van der Waals surface area contributed by atoms with Crippen molar-refractivity contribution in [3.05, 3.63) is 0 Å². The summed E-state index contributed by atoms with van der Waals surface area (Å²) in [4.78, 5) is 4.28. The lowest BCUT2D eigenvalue weighted by Crippen LogP contribution is -2.12. The molecular formula is C9H18N2. The highest BCUT2D eigenvalue weighted by Crippen LogP contribution is 2.09. The van der Waals surface area contributed by atoms with Gasteiger partial charge in [-0.2, -0.15) is 0 Å². The minimum absolute atomic E-state index is 0.868. The zero-order chi connectivity index (χ0) is 7.94. The molecule has 0 atom stereocenters. The van der Waals surface area contributed by atoms with E-state index in [9.17, 15) is 0 Å². The maximum atomic E-state index is 5.67. The minimum Gasteiger partial charge on any atom is -0.387 e. The van der Waals surface area contributed by atoms with E-state index < -0.39 is 0 Å². The quantitative estimate of drug-likeness (QED) is 0.570. The van der Waals surface area contributed by atoms with Crippen molar-refractivity contribution in [1.82, 2.24) is 0 Å². The molecule has 2 heteroatoms. The number of rotatable bonds is 0. The molecule has 0 saturated carbocycles. The number of amidine groups is 1.